The Balaban J connectivity index is 1.12. The van der Waals surface area contributed by atoms with E-state index >= 15 is 0 Å². The van der Waals surface area contributed by atoms with E-state index in [9.17, 15) is 4.79 Å². The zero-order valence-corrected chi connectivity index (χ0v) is 19.3. The molecule has 2 aromatic carbocycles. The summed E-state index contributed by atoms with van der Waals surface area (Å²) in [5.74, 6) is 1.47. The minimum atomic E-state index is 0.140. The maximum Gasteiger partial charge on any atom is 0.225 e. The molecule has 3 heterocycles. The number of carbonyl (C=O) groups excluding carboxylic acids is 1. The summed E-state index contributed by atoms with van der Waals surface area (Å²) in [4.78, 5) is 28.1. The van der Waals surface area contributed by atoms with Crippen molar-refractivity contribution in [3.05, 3.63) is 58.9 Å². The summed E-state index contributed by atoms with van der Waals surface area (Å²) in [6.07, 6.45) is 1.85. The molecule has 0 bridgehead atoms. The Hall–Kier alpha value is -2.57. The minimum Gasteiger partial charge on any atom is -0.368 e. The monoisotopic (exact) mass is 451 g/mol. The van der Waals surface area contributed by atoms with Gasteiger partial charge in [0.2, 0.25) is 5.91 Å². The third-order valence-corrected chi connectivity index (χ3v) is 7.09. The van der Waals surface area contributed by atoms with Gasteiger partial charge in [0.15, 0.2) is 0 Å². The first-order valence-electron chi connectivity index (χ1n) is 11.5. The van der Waals surface area contributed by atoms with Crippen LogP contribution in [0.1, 0.15) is 24.2 Å². The molecule has 7 heteroatoms. The van der Waals surface area contributed by atoms with Crippen molar-refractivity contribution in [2.75, 3.05) is 44.2 Å². The number of hydrogen-bond donors (Lipinski definition) is 1. The van der Waals surface area contributed by atoms with Gasteiger partial charge in [-0.25, -0.2) is 4.98 Å². The molecule has 2 saturated heterocycles. The van der Waals surface area contributed by atoms with Crippen LogP contribution in [-0.4, -0.2) is 64.9 Å². The normalized spacial score (nSPS) is 18.4. The third-order valence-electron chi connectivity index (χ3n) is 6.85. The van der Waals surface area contributed by atoms with E-state index in [0.717, 1.165) is 80.5 Å². The highest BCUT2D eigenvalue weighted by atomic mass is 35.5. The van der Waals surface area contributed by atoms with Crippen molar-refractivity contribution in [1.29, 1.82) is 0 Å². The average molecular weight is 452 g/mol. The SMILES string of the molecule is Cc1ccc(Cl)cc1N1CCN(C(=O)C2CCN(Cc3nc4ccccc4[nH]3)CC2)CC1. The smallest absolute Gasteiger partial charge is 0.225 e. The van der Waals surface area contributed by atoms with Gasteiger partial charge >= 0.3 is 0 Å². The number of amides is 1. The second kappa shape index (κ2) is 9.12. The summed E-state index contributed by atoms with van der Waals surface area (Å²) < 4.78 is 0. The van der Waals surface area contributed by atoms with Crippen LogP contribution < -0.4 is 4.90 Å². The first-order valence-corrected chi connectivity index (χ1v) is 11.9. The van der Waals surface area contributed by atoms with E-state index in [1.165, 1.54) is 11.3 Å². The van der Waals surface area contributed by atoms with Crippen molar-refractivity contribution in [2.45, 2.75) is 26.3 Å². The van der Waals surface area contributed by atoms with Gasteiger partial charge in [-0.15, -0.1) is 0 Å². The average Bonchev–Trinajstić information content (AvgIpc) is 3.23. The predicted molar refractivity (Wildman–Crippen MR) is 129 cm³/mol. The number of aromatic amines is 1. The molecule has 0 radical (unpaired) electrons. The highest BCUT2D eigenvalue weighted by molar-refractivity contribution is 6.30. The van der Waals surface area contributed by atoms with Gasteiger partial charge in [-0.2, -0.15) is 0 Å². The van der Waals surface area contributed by atoms with E-state index in [0.29, 0.717) is 5.91 Å². The molecule has 32 heavy (non-hydrogen) atoms. The van der Waals surface area contributed by atoms with E-state index in [1.54, 1.807) is 0 Å². The second-order valence-corrected chi connectivity index (χ2v) is 9.43. The number of aromatic nitrogens is 2. The predicted octanol–water partition coefficient (Wildman–Crippen LogP) is 4.09. The van der Waals surface area contributed by atoms with Gasteiger partial charge in [-0.1, -0.05) is 29.8 Å². The molecule has 1 amide bonds. The lowest BCUT2D eigenvalue weighted by atomic mass is 9.95. The number of carbonyl (C=O) groups is 1. The summed E-state index contributed by atoms with van der Waals surface area (Å²) >= 11 is 6.20. The number of fused-ring (bicyclic) bond motifs is 1. The van der Waals surface area contributed by atoms with Crippen LogP contribution in [0.25, 0.3) is 11.0 Å². The number of hydrogen-bond acceptors (Lipinski definition) is 4. The van der Waals surface area contributed by atoms with Crippen molar-refractivity contribution in [2.24, 2.45) is 5.92 Å². The van der Waals surface area contributed by atoms with Crippen LogP contribution in [0.2, 0.25) is 5.02 Å². The van der Waals surface area contributed by atoms with E-state index in [-0.39, 0.29) is 5.92 Å². The van der Waals surface area contributed by atoms with Crippen LogP contribution in [0.4, 0.5) is 5.69 Å². The molecule has 5 rings (SSSR count). The van der Waals surface area contributed by atoms with Crippen molar-refractivity contribution in [1.82, 2.24) is 19.8 Å². The molecule has 0 aliphatic carbocycles. The summed E-state index contributed by atoms with van der Waals surface area (Å²) in [6, 6.07) is 14.2. The number of aryl methyl sites for hydroxylation is 1. The Morgan fingerprint density at radius 3 is 2.56 bits per heavy atom. The lowest BCUT2D eigenvalue weighted by Crippen LogP contribution is -2.51. The fraction of sp³-hybridized carbons (Fsp3) is 0.440. The van der Waals surface area contributed by atoms with E-state index in [4.69, 9.17) is 16.6 Å². The first-order chi connectivity index (χ1) is 15.6. The number of halogens is 1. The maximum absolute atomic E-state index is 13.1. The number of anilines is 1. The van der Waals surface area contributed by atoms with Crippen molar-refractivity contribution >= 4 is 34.2 Å². The number of imidazole rings is 1. The molecular formula is C25H30ClN5O. The summed E-state index contributed by atoms with van der Waals surface area (Å²) in [5, 5.41) is 0.763. The van der Waals surface area contributed by atoms with Crippen LogP contribution in [0.3, 0.4) is 0 Å². The van der Waals surface area contributed by atoms with Crippen molar-refractivity contribution in [3.8, 4) is 0 Å². The minimum absolute atomic E-state index is 0.140. The number of benzene rings is 2. The Bertz CT molecular complexity index is 1060. The molecule has 168 valence electrons. The van der Waals surface area contributed by atoms with E-state index in [2.05, 4.69) is 38.7 Å². The Morgan fingerprint density at radius 2 is 1.81 bits per heavy atom. The Morgan fingerprint density at radius 1 is 1.06 bits per heavy atom. The number of nitrogens with one attached hydrogen (secondary N) is 1. The van der Waals surface area contributed by atoms with Gasteiger partial charge in [-0.3, -0.25) is 9.69 Å². The summed E-state index contributed by atoms with van der Waals surface area (Å²) in [5.41, 5.74) is 4.51. The molecule has 1 aromatic heterocycles. The molecule has 2 fully saturated rings. The lowest BCUT2D eigenvalue weighted by Gasteiger charge is -2.39. The number of para-hydroxylation sites is 2. The van der Waals surface area contributed by atoms with Gasteiger partial charge in [-0.05, 0) is 62.7 Å². The molecule has 6 nitrogen and oxygen atoms in total. The van der Waals surface area contributed by atoms with Crippen LogP contribution in [0, 0.1) is 12.8 Å². The fourth-order valence-corrected chi connectivity index (χ4v) is 5.15. The van der Waals surface area contributed by atoms with Gasteiger partial charge in [0.05, 0.1) is 17.6 Å². The molecule has 0 saturated carbocycles. The van der Waals surface area contributed by atoms with Crippen LogP contribution >= 0.6 is 11.6 Å². The van der Waals surface area contributed by atoms with Gasteiger partial charge in [0, 0.05) is 42.8 Å². The van der Waals surface area contributed by atoms with Crippen molar-refractivity contribution < 1.29 is 4.79 Å². The van der Waals surface area contributed by atoms with Crippen LogP contribution in [0.5, 0.6) is 0 Å². The van der Waals surface area contributed by atoms with Gasteiger partial charge < -0.3 is 14.8 Å². The summed E-state index contributed by atoms with van der Waals surface area (Å²) in [6.45, 7) is 8.09. The Labute approximate surface area is 194 Å². The quantitative estimate of drug-likeness (QED) is 0.649. The first kappa shape index (κ1) is 21.3. The molecule has 2 aliphatic rings. The van der Waals surface area contributed by atoms with E-state index < -0.39 is 0 Å². The number of rotatable bonds is 4. The fourth-order valence-electron chi connectivity index (χ4n) is 4.98. The van der Waals surface area contributed by atoms with Gasteiger partial charge in [0.1, 0.15) is 5.82 Å². The Kier molecular flexibility index (Phi) is 6.07. The molecular weight excluding hydrogens is 422 g/mol. The molecule has 1 N–H and O–H groups in total. The molecule has 2 aliphatic heterocycles. The highest BCUT2D eigenvalue weighted by Gasteiger charge is 2.31. The molecule has 0 unspecified atom stereocenters. The third kappa shape index (κ3) is 4.48. The number of nitrogens with zero attached hydrogens (tertiary/aromatic N) is 4. The number of piperazine rings is 1. The van der Waals surface area contributed by atoms with Crippen LogP contribution in [-0.2, 0) is 11.3 Å². The van der Waals surface area contributed by atoms with E-state index in [1.807, 2.05) is 30.3 Å². The number of H-pyrrole nitrogens is 1. The van der Waals surface area contributed by atoms with Crippen LogP contribution in [0.15, 0.2) is 42.5 Å². The standard InChI is InChI=1S/C25H30ClN5O/c1-18-6-7-20(26)16-23(18)30-12-14-31(15-13-30)25(32)19-8-10-29(11-9-19)17-24-27-21-4-2-3-5-22(21)28-24/h2-7,16,19H,8-15,17H2,1H3,(H,27,28). The molecule has 0 spiro atoms. The maximum atomic E-state index is 13.1. The highest BCUT2D eigenvalue weighted by Crippen LogP contribution is 2.27. The molecule has 0 atom stereocenters. The molecule has 3 aromatic rings. The summed E-state index contributed by atoms with van der Waals surface area (Å²) in [7, 11) is 0. The topological polar surface area (TPSA) is 55.5 Å². The zero-order valence-electron chi connectivity index (χ0n) is 18.6. The van der Waals surface area contributed by atoms with Gasteiger partial charge in [0.25, 0.3) is 0 Å². The lowest BCUT2D eigenvalue weighted by molar-refractivity contribution is -0.137. The second-order valence-electron chi connectivity index (χ2n) is 8.99. The largest absolute Gasteiger partial charge is 0.368 e. The zero-order chi connectivity index (χ0) is 22.1. The van der Waals surface area contributed by atoms with Crippen molar-refractivity contribution in [3.63, 3.8) is 0 Å². The number of piperidine rings is 1. The number of likely N-dealkylation sites (tertiary alicyclic amines) is 1.